The molecule has 6 heteroatoms. The van der Waals surface area contributed by atoms with Crippen LogP contribution in [0.3, 0.4) is 0 Å². The lowest BCUT2D eigenvalue weighted by molar-refractivity contribution is 0.0953. The third-order valence-electron chi connectivity index (χ3n) is 2.86. The van der Waals surface area contributed by atoms with E-state index in [4.69, 9.17) is 11.6 Å². The highest BCUT2D eigenvalue weighted by molar-refractivity contribution is 6.33. The van der Waals surface area contributed by atoms with E-state index in [9.17, 15) is 9.59 Å². The van der Waals surface area contributed by atoms with E-state index < -0.39 is 0 Å². The standard InChI is InChI=1S/C14H20ClN3O2/c1-3-18(4-2)14(20)17-10-9-16-13(19)11-7-5-6-8-12(11)15/h5-8H,3-4,9-10H2,1-2H3,(H,16,19)(H,17,20). The zero-order valence-electron chi connectivity index (χ0n) is 11.8. The normalized spacial score (nSPS) is 9.95. The van der Waals surface area contributed by atoms with Crippen LogP contribution in [0.2, 0.25) is 5.02 Å². The number of nitrogens with zero attached hydrogens (tertiary/aromatic N) is 1. The van der Waals surface area contributed by atoms with Crippen molar-refractivity contribution in [1.29, 1.82) is 0 Å². The number of carbonyl (C=O) groups is 2. The second-order valence-electron chi connectivity index (χ2n) is 4.14. The van der Waals surface area contributed by atoms with Gasteiger partial charge in [0, 0.05) is 26.2 Å². The Morgan fingerprint density at radius 2 is 1.70 bits per heavy atom. The summed E-state index contributed by atoms with van der Waals surface area (Å²) in [6.45, 7) is 5.90. The zero-order valence-corrected chi connectivity index (χ0v) is 12.5. The predicted octanol–water partition coefficient (Wildman–Crippen LogP) is 2.12. The second kappa shape index (κ2) is 8.43. The highest BCUT2D eigenvalue weighted by Crippen LogP contribution is 2.14. The molecule has 0 bridgehead atoms. The molecule has 0 spiro atoms. The molecular formula is C14H20ClN3O2. The maximum Gasteiger partial charge on any atom is 0.317 e. The van der Waals surface area contributed by atoms with Gasteiger partial charge in [-0.05, 0) is 26.0 Å². The van der Waals surface area contributed by atoms with Crippen LogP contribution in [0, 0.1) is 0 Å². The minimum Gasteiger partial charge on any atom is -0.350 e. The summed E-state index contributed by atoms with van der Waals surface area (Å²) in [7, 11) is 0. The number of carbonyl (C=O) groups excluding carboxylic acids is 2. The first-order chi connectivity index (χ1) is 9.60. The Kier molecular flexibility index (Phi) is 6.87. The van der Waals surface area contributed by atoms with Crippen molar-refractivity contribution < 1.29 is 9.59 Å². The molecule has 0 saturated heterocycles. The number of rotatable bonds is 6. The van der Waals surface area contributed by atoms with Crippen LogP contribution in [0.15, 0.2) is 24.3 Å². The van der Waals surface area contributed by atoms with Gasteiger partial charge in [0.2, 0.25) is 0 Å². The smallest absolute Gasteiger partial charge is 0.317 e. The van der Waals surface area contributed by atoms with Crippen molar-refractivity contribution in [3.05, 3.63) is 34.9 Å². The van der Waals surface area contributed by atoms with Crippen molar-refractivity contribution in [1.82, 2.24) is 15.5 Å². The fourth-order valence-electron chi connectivity index (χ4n) is 1.71. The van der Waals surface area contributed by atoms with E-state index in [1.807, 2.05) is 13.8 Å². The number of halogens is 1. The summed E-state index contributed by atoms with van der Waals surface area (Å²) in [5, 5.41) is 5.87. The van der Waals surface area contributed by atoms with E-state index in [1.54, 1.807) is 29.2 Å². The molecule has 1 aromatic carbocycles. The van der Waals surface area contributed by atoms with E-state index >= 15 is 0 Å². The van der Waals surface area contributed by atoms with Crippen molar-refractivity contribution in [2.24, 2.45) is 0 Å². The molecule has 0 aliphatic rings. The largest absolute Gasteiger partial charge is 0.350 e. The van der Waals surface area contributed by atoms with Gasteiger partial charge in [0.05, 0.1) is 10.6 Å². The summed E-state index contributed by atoms with van der Waals surface area (Å²) in [5.74, 6) is -0.243. The SMILES string of the molecule is CCN(CC)C(=O)NCCNC(=O)c1ccccc1Cl. The van der Waals surface area contributed by atoms with Gasteiger partial charge in [-0.1, -0.05) is 23.7 Å². The number of hydrogen-bond donors (Lipinski definition) is 2. The van der Waals surface area contributed by atoms with Crippen molar-refractivity contribution in [3.8, 4) is 0 Å². The first-order valence-corrected chi connectivity index (χ1v) is 7.03. The Morgan fingerprint density at radius 1 is 1.10 bits per heavy atom. The molecule has 2 N–H and O–H groups in total. The summed E-state index contributed by atoms with van der Waals surface area (Å²) in [4.78, 5) is 25.2. The summed E-state index contributed by atoms with van der Waals surface area (Å²) in [5.41, 5.74) is 0.434. The summed E-state index contributed by atoms with van der Waals surface area (Å²) in [6.07, 6.45) is 0. The molecule has 5 nitrogen and oxygen atoms in total. The van der Waals surface area contributed by atoms with Gasteiger partial charge in [-0.25, -0.2) is 4.79 Å². The summed E-state index contributed by atoms with van der Waals surface area (Å²) >= 11 is 5.92. The molecule has 1 rings (SSSR count). The number of benzene rings is 1. The molecular weight excluding hydrogens is 278 g/mol. The molecule has 0 radical (unpaired) electrons. The molecule has 20 heavy (non-hydrogen) atoms. The van der Waals surface area contributed by atoms with Gasteiger partial charge in [-0.15, -0.1) is 0 Å². The monoisotopic (exact) mass is 297 g/mol. The van der Waals surface area contributed by atoms with Gasteiger partial charge in [0.1, 0.15) is 0 Å². The van der Waals surface area contributed by atoms with Crippen LogP contribution >= 0.6 is 11.6 Å². The lowest BCUT2D eigenvalue weighted by Crippen LogP contribution is -2.42. The number of nitrogens with one attached hydrogen (secondary N) is 2. The van der Waals surface area contributed by atoms with Crippen molar-refractivity contribution >= 4 is 23.5 Å². The second-order valence-corrected chi connectivity index (χ2v) is 4.55. The van der Waals surface area contributed by atoms with E-state index in [0.717, 1.165) is 0 Å². The third kappa shape index (κ3) is 4.74. The zero-order chi connectivity index (χ0) is 15.0. The highest BCUT2D eigenvalue weighted by atomic mass is 35.5. The molecule has 0 saturated carbocycles. The van der Waals surface area contributed by atoms with Crippen molar-refractivity contribution in [3.63, 3.8) is 0 Å². The summed E-state index contributed by atoms with van der Waals surface area (Å²) < 4.78 is 0. The summed E-state index contributed by atoms with van der Waals surface area (Å²) in [6, 6.07) is 6.72. The maximum absolute atomic E-state index is 11.8. The average Bonchev–Trinajstić information content (AvgIpc) is 2.45. The van der Waals surface area contributed by atoms with Gasteiger partial charge >= 0.3 is 6.03 Å². The fourth-order valence-corrected chi connectivity index (χ4v) is 1.93. The van der Waals surface area contributed by atoms with Gasteiger partial charge in [0.15, 0.2) is 0 Å². The molecule has 110 valence electrons. The Morgan fingerprint density at radius 3 is 2.30 bits per heavy atom. The minimum atomic E-state index is -0.243. The molecule has 0 aromatic heterocycles. The van der Waals surface area contributed by atoms with Crippen LogP contribution in [-0.4, -0.2) is 43.0 Å². The van der Waals surface area contributed by atoms with E-state index in [2.05, 4.69) is 10.6 Å². The predicted molar refractivity (Wildman–Crippen MR) is 80.1 cm³/mol. The molecule has 1 aromatic rings. The quantitative estimate of drug-likeness (QED) is 0.790. The Bertz CT molecular complexity index is 461. The van der Waals surface area contributed by atoms with Crippen molar-refractivity contribution in [2.75, 3.05) is 26.2 Å². The molecule has 0 aliphatic carbocycles. The molecule has 0 heterocycles. The number of hydrogen-bond acceptors (Lipinski definition) is 2. The lowest BCUT2D eigenvalue weighted by Gasteiger charge is -2.19. The third-order valence-corrected chi connectivity index (χ3v) is 3.19. The topological polar surface area (TPSA) is 61.4 Å². The van der Waals surface area contributed by atoms with E-state index in [-0.39, 0.29) is 11.9 Å². The van der Waals surface area contributed by atoms with Crippen LogP contribution in [-0.2, 0) is 0 Å². The van der Waals surface area contributed by atoms with Crippen LogP contribution in [0.1, 0.15) is 24.2 Å². The fraction of sp³-hybridized carbons (Fsp3) is 0.429. The Labute approximate surface area is 124 Å². The molecule has 0 aliphatic heterocycles. The van der Waals surface area contributed by atoms with Gasteiger partial charge in [-0.3, -0.25) is 4.79 Å². The van der Waals surface area contributed by atoms with Crippen LogP contribution < -0.4 is 10.6 Å². The average molecular weight is 298 g/mol. The van der Waals surface area contributed by atoms with Gasteiger partial charge < -0.3 is 15.5 Å². The molecule has 0 atom stereocenters. The van der Waals surface area contributed by atoms with E-state index in [0.29, 0.717) is 36.8 Å². The van der Waals surface area contributed by atoms with E-state index in [1.165, 1.54) is 0 Å². The molecule has 3 amide bonds. The van der Waals surface area contributed by atoms with Gasteiger partial charge in [-0.2, -0.15) is 0 Å². The number of urea groups is 1. The van der Waals surface area contributed by atoms with Crippen LogP contribution in [0.4, 0.5) is 4.79 Å². The first kappa shape index (κ1) is 16.3. The maximum atomic E-state index is 11.8. The molecule has 0 fully saturated rings. The number of amides is 3. The van der Waals surface area contributed by atoms with Crippen LogP contribution in [0.25, 0.3) is 0 Å². The minimum absolute atomic E-state index is 0.123. The lowest BCUT2D eigenvalue weighted by atomic mass is 10.2. The Balaban J connectivity index is 2.33. The first-order valence-electron chi connectivity index (χ1n) is 6.65. The molecule has 0 unspecified atom stereocenters. The van der Waals surface area contributed by atoms with Crippen LogP contribution in [0.5, 0.6) is 0 Å². The highest BCUT2D eigenvalue weighted by Gasteiger charge is 2.10. The van der Waals surface area contributed by atoms with Crippen molar-refractivity contribution in [2.45, 2.75) is 13.8 Å². The van der Waals surface area contributed by atoms with Gasteiger partial charge in [0.25, 0.3) is 5.91 Å². The Hall–Kier alpha value is -1.75.